The molecule has 0 bridgehead atoms. The van der Waals surface area contributed by atoms with Gasteiger partial charge in [0.25, 0.3) is 11.8 Å². The van der Waals surface area contributed by atoms with E-state index in [-0.39, 0.29) is 5.57 Å². The Kier molecular flexibility index (Phi) is 6.20. The third kappa shape index (κ3) is 4.05. The van der Waals surface area contributed by atoms with Crippen LogP contribution in [0, 0.1) is 13.8 Å². The van der Waals surface area contributed by atoms with Gasteiger partial charge in [-0.05, 0) is 55.7 Å². The molecule has 3 rings (SSSR count). The number of imide groups is 2. The lowest BCUT2D eigenvalue weighted by molar-refractivity contribution is -0.122. The highest BCUT2D eigenvalue weighted by molar-refractivity contribution is 6.39. The number of anilines is 1. The van der Waals surface area contributed by atoms with Crippen molar-refractivity contribution < 1.29 is 23.9 Å². The van der Waals surface area contributed by atoms with Gasteiger partial charge in [0, 0.05) is 11.6 Å². The number of nitrogens with zero attached hydrogens (tertiary/aromatic N) is 1. The number of benzene rings is 2. The van der Waals surface area contributed by atoms with Crippen molar-refractivity contribution in [3.8, 4) is 11.5 Å². The van der Waals surface area contributed by atoms with E-state index < -0.39 is 17.8 Å². The summed E-state index contributed by atoms with van der Waals surface area (Å²) in [5.41, 5.74) is 2.54. The highest BCUT2D eigenvalue weighted by atomic mass is 16.5. The van der Waals surface area contributed by atoms with E-state index >= 15 is 0 Å². The fourth-order valence-corrected chi connectivity index (χ4v) is 3.11. The zero-order valence-corrected chi connectivity index (χ0v) is 17.4. The minimum absolute atomic E-state index is 0.151. The zero-order valence-electron chi connectivity index (χ0n) is 17.4. The quantitative estimate of drug-likeness (QED) is 0.581. The number of rotatable bonds is 6. The lowest BCUT2D eigenvalue weighted by Crippen LogP contribution is -2.54. The van der Waals surface area contributed by atoms with Crippen molar-refractivity contribution >= 4 is 29.6 Å². The van der Waals surface area contributed by atoms with Crippen molar-refractivity contribution in [2.45, 2.75) is 27.2 Å². The van der Waals surface area contributed by atoms with Crippen molar-refractivity contribution in [2.24, 2.45) is 0 Å². The van der Waals surface area contributed by atoms with Gasteiger partial charge in [-0.2, -0.15) is 0 Å². The SMILES string of the molecule is CCCOc1cc(OC)ccc1/C=C1\C(=O)NC(=O)N(c2cccc(C)c2C)C1=O. The first-order chi connectivity index (χ1) is 14.4. The van der Waals surface area contributed by atoms with Crippen LogP contribution in [0.3, 0.4) is 0 Å². The van der Waals surface area contributed by atoms with Crippen LogP contribution in [0.2, 0.25) is 0 Å². The van der Waals surface area contributed by atoms with E-state index in [1.54, 1.807) is 37.4 Å². The topological polar surface area (TPSA) is 84.9 Å². The minimum atomic E-state index is -0.770. The smallest absolute Gasteiger partial charge is 0.335 e. The fourth-order valence-electron chi connectivity index (χ4n) is 3.11. The van der Waals surface area contributed by atoms with Crippen molar-refractivity contribution in [1.29, 1.82) is 0 Å². The Morgan fingerprint density at radius 3 is 2.57 bits per heavy atom. The van der Waals surface area contributed by atoms with Crippen molar-refractivity contribution in [3.05, 3.63) is 58.7 Å². The summed E-state index contributed by atoms with van der Waals surface area (Å²) in [5.74, 6) is -0.354. The van der Waals surface area contributed by atoms with Gasteiger partial charge >= 0.3 is 6.03 Å². The second-order valence-electron chi connectivity index (χ2n) is 6.93. The average molecular weight is 408 g/mol. The zero-order chi connectivity index (χ0) is 21.8. The lowest BCUT2D eigenvalue weighted by atomic mass is 10.0. The molecule has 0 atom stereocenters. The van der Waals surface area contributed by atoms with E-state index in [9.17, 15) is 14.4 Å². The van der Waals surface area contributed by atoms with Gasteiger partial charge in [0.05, 0.1) is 19.4 Å². The molecule has 7 nitrogen and oxygen atoms in total. The van der Waals surface area contributed by atoms with Crippen LogP contribution in [0.5, 0.6) is 11.5 Å². The standard InChI is InChI=1S/C23H24N2O5/c1-5-11-30-20-13-17(29-4)10-9-16(20)12-18-21(26)24-23(28)25(22(18)27)19-8-6-7-14(2)15(19)3/h6-10,12-13H,5,11H2,1-4H3,(H,24,26,28)/b18-12+. The van der Waals surface area contributed by atoms with E-state index in [0.29, 0.717) is 29.4 Å². The van der Waals surface area contributed by atoms with Crippen LogP contribution in [0.4, 0.5) is 10.5 Å². The van der Waals surface area contributed by atoms with Crippen LogP contribution in [0.15, 0.2) is 42.0 Å². The summed E-state index contributed by atoms with van der Waals surface area (Å²) in [7, 11) is 1.54. The number of hydrogen-bond donors (Lipinski definition) is 1. The summed E-state index contributed by atoms with van der Waals surface area (Å²) < 4.78 is 11.0. The van der Waals surface area contributed by atoms with Gasteiger partial charge < -0.3 is 9.47 Å². The molecule has 0 saturated carbocycles. The number of aryl methyl sites for hydroxylation is 1. The van der Waals surface area contributed by atoms with Crippen molar-refractivity contribution in [3.63, 3.8) is 0 Å². The molecular weight excluding hydrogens is 384 g/mol. The molecule has 30 heavy (non-hydrogen) atoms. The second-order valence-corrected chi connectivity index (χ2v) is 6.93. The van der Waals surface area contributed by atoms with Crippen LogP contribution in [0.1, 0.15) is 30.0 Å². The first kappa shape index (κ1) is 21.1. The normalized spacial score (nSPS) is 15.4. The molecule has 2 aromatic carbocycles. The molecule has 1 heterocycles. The van der Waals surface area contributed by atoms with Gasteiger partial charge in [0.2, 0.25) is 0 Å². The van der Waals surface area contributed by atoms with Gasteiger partial charge in [-0.15, -0.1) is 0 Å². The third-order valence-electron chi connectivity index (χ3n) is 4.90. The van der Waals surface area contributed by atoms with Gasteiger partial charge in [0.1, 0.15) is 17.1 Å². The Labute approximate surface area is 175 Å². The molecule has 0 spiro atoms. The number of urea groups is 1. The summed E-state index contributed by atoms with van der Waals surface area (Å²) in [6, 6.07) is 9.67. The number of nitrogens with one attached hydrogen (secondary N) is 1. The van der Waals surface area contributed by atoms with E-state index in [2.05, 4.69) is 5.32 Å². The monoisotopic (exact) mass is 408 g/mol. The Balaban J connectivity index is 2.06. The molecule has 1 aliphatic rings. The first-order valence-corrected chi connectivity index (χ1v) is 9.65. The summed E-state index contributed by atoms with van der Waals surface area (Å²) in [6.07, 6.45) is 2.23. The molecule has 4 amide bonds. The largest absolute Gasteiger partial charge is 0.497 e. The van der Waals surface area contributed by atoms with Crippen LogP contribution in [0.25, 0.3) is 6.08 Å². The van der Waals surface area contributed by atoms with Crippen molar-refractivity contribution in [1.82, 2.24) is 5.32 Å². The highest BCUT2D eigenvalue weighted by Crippen LogP contribution is 2.30. The summed E-state index contributed by atoms with van der Waals surface area (Å²) in [4.78, 5) is 39.1. The van der Waals surface area contributed by atoms with Crippen LogP contribution in [-0.4, -0.2) is 31.6 Å². The minimum Gasteiger partial charge on any atom is -0.497 e. The summed E-state index contributed by atoms with van der Waals surface area (Å²) in [5, 5.41) is 2.25. The molecule has 0 aromatic heterocycles. The van der Waals surface area contributed by atoms with Crippen LogP contribution >= 0.6 is 0 Å². The molecule has 7 heteroatoms. The number of methoxy groups -OCH3 is 1. The summed E-state index contributed by atoms with van der Waals surface area (Å²) >= 11 is 0. The van der Waals surface area contributed by atoms with Gasteiger partial charge in [-0.3, -0.25) is 14.9 Å². The predicted molar refractivity (Wildman–Crippen MR) is 114 cm³/mol. The maximum Gasteiger partial charge on any atom is 0.335 e. The predicted octanol–water partition coefficient (Wildman–Crippen LogP) is 3.77. The Morgan fingerprint density at radius 2 is 1.87 bits per heavy atom. The average Bonchev–Trinajstić information content (AvgIpc) is 2.72. The number of carbonyl (C=O) groups is 3. The lowest BCUT2D eigenvalue weighted by Gasteiger charge is -2.28. The Hall–Kier alpha value is -3.61. The molecule has 0 radical (unpaired) electrons. The molecule has 1 N–H and O–H groups in total. The van der Waals surface area contributed by atoms with Gasteiger partial charge in [-0.1, -0.05) is 19.1 Å². The second kappa shape index (κ2) is 8.82. The van der Waals surface area contributed by atoms with Gasteiger partial charge in [0.15, 0.2) is 0 Å². The highest BCUT2D eigenvalue weighted by Gasteiger charge is 2.37. The molecule has 0 unspecified atom stereocenters. The molecule has 1 aliphatic heterocycles. The third-order valence-corrected chi connectivity index (χ3v) is 4.90. The fraction of sp³-hybridized carbons (Fsp3) is 0.261. The maximum atomic E-state index is 13.2. The molecule has 0 aliphatic carbocycles. The molecule has 2 aromatic rings. The van der Waals surface area contributed by atoms with Gasteiger partial charge in [-0.25, -0.2) is 9.69 Å². The van der Waals surface area contributed by atoms with E-state index in [1.807, 2.05) is 26.8 Å². The molecule has 156 valence electrons. The molecular formula is C23H24N2O5. The summed E-state index contributed by atoms with van der Waals surface area (Å²) in [6.45, 7) is 6.16. The molecule has 1 saturated heterocycles. The van der Waals surface area contributed by atoms with E-state index in [1.165, 1.54) is 6.08 Å². The maximum absolute atomic E-state index is 13.2. The Morgan fingerprint density at radius 1 is 1.10 bits per heavy atom. The molecule has 1 fully saturated rings. The number of ether oxygens (including phenoxy) is 2. The number of amides is 4. The van der Waals surface area contributed by atoms with Crippen LogP contribution in [-0.2, 0) is 9.59 Å². The Bertz CT molecular complexity index is 1040. The number of carbonyl (C=O) groups excluding carboxylic acids is 3. The number of barbiturate groups is 1. The van der Waals surface area contributed by atoms with Crippen LogP contribution < -0.4 is 19.7 Å². The van der Waals surface area contributed by atoms with E-state index in [4.69, 9.17) is 9.47 Å². The van der Waals surface area contributed by atoms with E-state index in [0.717, 1.165) is 22.4 Å². The number of hydrogen-bond acceptors (Lipinski definition) is 5. The first-order valence-electron chi connectivity index (χ1n) is 9.65. The van der Waals surface area contributed by atoms with Crippen molar-refractivity contribution in [2.75, 3.05) is 18.6 Å².